The molecule has 0 unspecified atom stereocenters. The molecule has 0 fully saturated rings. The fraction of sp³-hybridized carbons (Fsp3) is 0.429. The Morgan fingerprint density at radius 1 is 1.37 bits per heavy atom. The van der Waals surface area contributed by atoms with Gasteiger partial charge >= 0.3 is 5.97 Å². The molecule has 0 bridgehead atoms. The largest absolute Gasteiger partial charge is 0.481 e. The second-order valence-corrected chi connectivity index (χ2v) is 6.16. The Morgan fingerprint density at radius 2 is 2.00 bits per heavy atom. The minimum atomic E-state index is -0.964. The summed E-state index contributed by atoms with van der Waals surface area (Å²) in [4.78, 5) is 24.6. The molecule has 0 saturated carbocycles. The zero-order chi connectivity index (χ0) is 14.6. The van der Waals surface area contributed by atoms with Crippen LogP contribution in [-0.4, -0.2) is 28.9 Å². The first-order valence-electron chi connectivity index (χ1n) is 5.94. The molecule has 0 aromatic heterocycles. The van der Waals surface area contributed by atoms with Crippen molar-refractivity contribution in [2.24, 2.45) is 5.41 Å². The molecule has 1 rings (SSSR count). The first-order valence-corrected chi connectivity index (χ1v) is 6.73. The van der Waals surface area contributed by atoms with Gasteiger partial charge in [0.1, 0.15) is 0 Å². The van der Waals surface area contributed by atoms with Gasteiger partial charge in [-0.3, -0.25) is 9.59 Å². The Kier molecular flexibility index (Phi) is 5.11. The minimum absolute atomic E-state index is 0.171. The molecule has 0 aliphatic carbocycles. The topological polar surface area (TPSA) is 57.6 Å². The van der Waals surface area contributed by atoms with Crippen molar-refractivity contribution in [1.29, 1.82) is 0 Å². The first kappa shape index (κ1) is 15.7. The fourth-order valence-corrected chi connectivity index (χ4v) is 2.40. The molecule has 0 aliphatic rings. The highest BCUT2D eigenvalue weighted by molar-refractivity contribution is 9.10. The van der Waals surface area contributed by atoms with Crippen LogP contribution in [0, 0.1) is 5.41 Å². The van der Waals surface area contributed by atoms with Gasteiger partial charge in [0.15, 0.2) is 0 Å². The third-order valence-corrected chi connectivity index (χ3v) is 3.32. The van der Waals surface area contributed by atoms with E-state index in [2.05, 4.69) is 15.9 Å². The zero-order valence-corrected chi connectivity index (χ0v) is 12.9. The highest BCUT2D eigenvalue weighted by Gasteiger charge is 2.32. The van der Waals surface area contributed by atoms with E-state index in [1.165, 1.54) is 0 Å². The molecule has 5 heteroatoms. The lowest BCUT2D eigenvalue weighted by atomic mass is 9.87. The molecule has 0 spiro atoms. The van der Waals surface area contributed by atoms with Crippen molar-refractivity contribution in [2.75, 3.05) is 7.05 Å². The van der Waals surface area contributed by atoms with E-state index >= 15 is 0 Å². The standard InChI is InChI=1S/C14H18BrNO3/c1-14(2,8-12(17)18)13(19)16(3)9-10-5-4-6-11(15)7-10/h4-7H,8-9H2,1-3H3,(H,17,18). The molecule has 0 atom stereocenters. The van der Waals surface area contributed by atoms with Gasteiger partial charge in [0.25, 0.3) is 0 Å². The average Bonchev–Trinajstić information content (AvgIpc) is 2.26. The number of benzene rings is 1. The molecule has 104 valence electrons. The summed E-state index contributed by atoms with van der Waals surface area (Å²) < 4.78 is 0.954. The minimum Gasteiger partial charge on any atom is -0.481 e. The maximum atomic E-state index is 12.2. The molecule has 0 saturated heterocycles. The molecule has 0 radical (unpaired) electrons. The number of hydrogen-bond acceptors (Lipinski definition) is 2. The summed E-state index contributed by atoms with van der Waals surface area (Å²) in [6.07, 6.45) is -0.172. The average molecular weight is 328 g/mol. The van der Waals surface area contributed by atoms with Crippen LogP contribution < -0.4 is 0 Å². The van der Waals surface area contributed by atoms with Crippen molar-refractivity contribution in [3.8, 4) is 0 Å². The number of halogens is 1. The van der Waals surface area contributed by atoms with Gasteiger partial charge in [0, 0.05) is 18.1 Å². The number of hydrogen-bond donors (Lipinski definition) is 1. The van der Waals surface area contributed by atoms with Crippen molar-refractivity contribution < 1.29 is 14.7 Å². The second kappa shape index (κ2) is 6.19. The molecule has 19 heavy (non-hydrogen) atoms. The van der Waals surface area contributed by atoms with Crippen LogP contribution in [0.5, 0.6) is 0 Å². The van der Waals surface area contributed by atoms with Crippen molar-refractivity contribution in [3.63, 3.8) is 0 Å². The van der Waals surface area contributed by atoms with Crippen molar-refractivity contribution in [2.45, 2.75) is 26.8 Å². The Balaban J connectivity index is 2.75. The number of carboxylic acids is 1. The SMILES string of the molecule is CN(Cc1cccc(Br)c1)C(=O)C(C)(C)CC(=O)O. The predicted molar refractivity (Wildman–Crippen MR) is 76.6 cm³/mol. The molecule has 1 amide bonds. The molecule has 0 aliphatic heterocycles. The maximum absolute atomic E-state index is 12.2. The van der Waals surface area contributed by atoms with Crippen molar-refractivity contribution in [1.82, 2.24) is 4.90 Å². The van der Waals surface area contributed by atoms with E-state index in [0.29, 0.717) is 6.54 Å². The quantitative estimate of drug-likeness (QED) is 0.904. The fourth-order valence-electron chi connectivity index (χ4n) is 1.95. The van der Waals surface area contributed by atoms with E-state index in [1.807, 2.05) is 24.3 Å². The van der Waals surface area contributed by atoms with E-state index in [0.717, 1.165) is 10.0 Å². The van der Waals surface area contributed by atoms with Crippen LogP contribution in [0.3, 0.4) is 0 Å². The summed E-state index contributed by atoms with van der Waals surface area (Å²) in [5.74, 6) is -1.14. The molecule has 4 nitrogen and oxygen atoms in total. The number of carbonyl (C=O) groups excluding carboxylic acids is 1. The number of aliphatic carboxylic acids is 1. The summed E-state index contributed by atoms with van der Waals surface area (Å²) in [5.41, 5.74) is 0.100. The number of amides is 1. The summed E-state index contributed by atoms with van der Waals surface area (Å²) in [5, 5.41) is 8.83. The van der Waals surface area contributed by atoms with Crippen molar-refractivity contribution in [3.05, 3.63) is 34.3 Å². The van der Waals surface area contributed by atoms with Crippen molar-refractivity contribution >= 4 is 27.8 Å². The van der Waals surface area contributed by atoms with E-state index in [-0.39, 0.29) is 12.3 Å². The van der Waals surface area contributed by atoms with E-state index in [4.69, 9.17) is 5.11 Å². The van der Waals surface area contributed by atoms with Gasteiger partial charge in [-0.1, -0.05) is 41.9 Å². The highest BCUT2D eigenvalue weighted by atomic mass is 79.9. The Labute approximate surface area is 121 Å². The predicted octanol–water partition coefficient (Wildman–Crippen LogP) is 2.91. The van der Waals surface area contributed by atoms with Crippen LogP contribution in [-0.2, 0) is 16.1 Å². The molecule has 0 heterocycles. The Bertz CT molecular complexity index is 485. The smallest absolute Gasteiger partial charge is 0.304 e. The number of carbonyl (C=O) groups is 2. The number of nitrogens with zero attached hydrogens (tertiary/aromatic N) is 1. The summed E-state index contributed by atoms with van der Waals surface area (Å²) in [6.45, 7) is 3.77. The van der Waals surface area contributed by atoms with Crippen LogP contribution in [0.25, 0.3) is 0 Å². The van der Waals surface area contributed by atoms with Gasteiger partial charge < -0.3 is 10.0 Å². The lowest BCUT2D eigenvalue weighted by Gasteiger charge is -2.28. The molecular formula is C14H18BrNO3. The van der Waals surface area contributed by atoms with Gasteiger partial charge in [-0.2, -0.15) is 0 Å². The van der Waals surface area contributed by atoms with Gasteiger partial charge in [0.05, 0.1) is 11.8 Å². The maximum Gasteiger partial charge on any atom is 0.304 e. The zero-order valence-electron chi connectivity index (χ0n) is 11.3. The second-order valence-electron chi connectivity index (χ2n) is 5.25. The number of carboxylic acid groups (broad SMARTS) is 1. The van der Waals surface area contributed by atoms with Crippen LogP contribution in [0.15, 0.2) is 28.7 Å². The van der Waals surface area contributed by atoms with Gasteiger partial charge in [0.2, 0.25) is 5.91 Å². The van der Waals surface area contributed by atoms with Crippen LogP contribution in [0.1, 0.15) is 25.8 Å². The molecule has 1 N–H and O–H groups in total. The molecule has 1 aromatic carbocycles. The monoisotopic (exact) mass is 327 g/mol. The van der Waals surface area contributed by atoms with E-state index in [1.54, 1.807) is 25.8 Å². The summed E-state index contributed by atoms with van der Waals surface area (Å²) in [6, 6.07) is 7.69. The van der Waals surface area contributed by atoms with Crippen LogP contribution >= 0.6 is 15.9 Å². The summed E-state index contributed by atoms with van der Waals surface area (Å²) >= 11 is 3.38. The first-order chi connectivity index (χ1) is 8.72. The highest BCUT2D eigenvalue weighted by Crippen LogP contribution is 2.24. The third-order valence-electron chi connectivity index (χ3n) is 2.83. The Morgan fingerprint density at radius 3 is 2.53 bits per heavy atom. The van der Waals surface area contributed by atoms with Gasteiger partial charge in [-0.15, -0.1) is 0 Å². The van der Waals surface area contributed by atoms with Gasteiger partial charge in [-0.05, 0) is 17.7 Å². The lowest BCUT2D eigenvalue weighted by molar-refractivity contribution is -0.148. The van der Waals surface area contributed by atoms with E-state index < -0.39 is 11.4 Å². The third kappa shape index (κ3) is 4.67. The molecular weight excluding hydrogens is 310 g/mol. The summed E-state index contributed by atoms with van der Waals surface area (Å²) in [7, 11) is 1.69. The Hall–Kier alpha value is -1.36. The van der Waals surface area contributed by atoms with Crippen LogP contribution in [0.4, 0.5) is 0 Å². The number of rotatable bonds is 5. The van der Waals surface area contributed by atoms with Crippen LogP contribution in [0.2, 0.25) is 0 Å². The molecule has 1 aromatic rings. The van der Waals surface area contributed by atoms with E-state index in [9.17, 15) is 9.59 Å². The van der Waals surface area contributed by atoms with Gasteiger partial charge in [-0.25, -0.2) is 0 Å². The normalized spacial score (nSPS) is 11.2. The lowest BCUT2D eigenvalue weighted by Crippen LogP contribution is -2.39.